The molecule has 1 N–H and O–H groups in total. The van der Waals surface area contributed by atoms with E-state index >= 15 is 0 Å². The van der Waals surface area contributed by atoms with E-state index in [1.807, 2.05) is 6.92 Å². The highest BCUT2D eigenvalue weighted by Gasteiger charge is 2.12. The molecule has 6 nitrogen and oxygen atoms in total. The normalized spacial score (nSPS) is 14.9. The zero-order valence-electron chi connectivity index (χ0n) is 19.8. The van der Waals surface area contributed by atoms with Crippen LogP contribution in [-0.4, -0.2) is 59.8 Å². The quantitative estimate of drug-likeness (QED) is 0.251. The highest BCUT2D eigenvalue weighted by molar-refractivity contribution is 8.01. The van der Waals surface area contributed by atoms with Gasteiger partial charge in [-0.05, 0) is 78.2 Å². The lowest BCUT2D eigenvalue weighted by molar-refractivity contribution is 0.0263. The standard InChI is InChI=1S/C26H35N3O3S/c1-21(26(20-27)33-28-10-13-31-16-17-32-15-14-30-2)22-6-7-24-19-25(9-8-23(24)18-22)29-11-4-3-5-12-29/h6-9,18-19,28H,3-5,10-17H2,1-2H3/b26-21+. The van der Waals surface area contributed by atoms with E-state index < -0.39 is 0 Å². The van der Waals surface area contributed by atoms with Crippen LogP contribution in [0.1, 0.15) is 31.7 Å². The Morgan fingerprint density at radius 3 is 2.42 bits per heavy atom. The average Bonchev–Trinajstić information content (AvgIpc) is 2.87. The number of piperidine rings is 1. The molecule has 2 aromatic rings. The van der Waals surface area contributed by atoms with E-state index in [0.717, 1.165) is 24.2 Å². The number of nitrogens with one attached hydrogen (secondary N) is 1. The van der Waals surface area contributed by atoms with Gasteiger partial charge in [0.1, 0.15) is 11.0 Å². The Morgan fingerprint density at radius 1 is 0.970 bits per heavy atom. The third kappa shape index (κ3) is 8.02. The number of benzene rings is 2. The molecule has 2 aromatic carbocycles. The van der Waals surface area contributed by atoms with E-state index in [4.69, 9.17) is 14.2 Å². The maximum Gasteiger partial charge on any atom is 0.108 e. The molecule has 33 heavy (non-hydrogen) atoms. The molecule has 1 aliphatic heterocycles. The lowest BCUT2D eigenvalue weighted by Gasteiger charge is -2.29. The third-order valence-electron chi connectivity index (χ3n) is 5.75. The Kier molecular flexibility index (Phi) is 11.0. The number of rotatable bonds is 13. The minimum atomic E-state index is 0.548. The van der Waals surface area contributed by atoms with Crippen molar-refractivity contribution in [1.29, 1.82) is 5.26 Å². The van der Waals surface area contributed by atoms with Crippen LogP contribution in [-0.2, 0) is 14.2 Å². The van der Waals surface area contributed by atoms with Gasteiger partial charge in [0.25, 0.3) is 0 Å². The molecule has 0 spiro atoms. The molecule has 1 fully saturated rings. The molecule has 1 heterocycles. The summed E-state index contributed by atoms with van der Waals surface area (Å²) in [6.45, 7) is 7.79. The van der Waals surface area contributed by atoms with Crippen LogP contribution in [0.3, 0.4) is 0 Å². The predicted molar refractivity (Wildman–Crippen MR) is 137 cm³/mol. The van der Waals surface area contributed by atoms with Crippen molar-refractivity contribution in [3.8, 4) is 6.07 Å². The van der Waals surface area contributed by atoms with Crippen LogP contribution < -0.4 is 9.62 Å². The van der Waals surface area contributed by atoms with Gasteiger partial charge in [0.2, 0.25) is 0 Å². The summed E-state index contributed by atoms with van der Waals surface area (Å²) >= 11 is 1.36. The lowest BCUT2D eigenvalue weighted by Crippen LogP contribution is -2.29. The average molecular weight is 470 g/mol. The number of methoxy groups -OCH3 is 1. The monoisotopic (exact) mass is 469 g/mol. The van der Waals surface area contributed by atoms with Gasteiger partial charge in [-0.1, -0.05) is 18.2 Å². The van der Waals surface area contributed by atoms with Crippen LogP contribution >= 0.6 is 11.9 Å². The molecule has 1 aliphatic rings. The van der Waals surface area contributed by atoms with E-state index in [2.05, 4.69) is 52.1 Å². The third-order valence-corrected chi connectivity index (χ3v) is 6.70. The zero-order chi connectivity index (χ0) is 23.3. The van der Waals surface area contributed by atoms with Crippen molar-refractivity contribution in [2.75, 3.05) is 64.7 Å². The maximum absolute atomic E-state index is 9.66. The molecule has 0 atom stereocenters. The van der Waals surface area contributed by atoms with E-state index in [9.17, 15) is 5.26 Å². The summed E-state index contributed by atoms with van der Waals surface area (Å²) in [5, 5.41) is 12.1. The van der Waals surface area contributed by atoms with Gasteiger partial charge in [0.15, 0.2) is 0 Å². The Bertz CT molecular complexity index is 951. The Hall–Kier alpha value is -2.08. The summed E-state index contributed by atoms with van der Waals surface area (Å²) in [6.07, 6.45) is 3.89. The number of nitrogens with zero attached hydrogens (tertiary/aromatic N) is 2. The second-order valence-electron chi connectivity index (χ2n) is 8.07. The van der Waals surface area contributed by atoms with Crippen LogP contribution in [0.2, 0.25) is 0 Å². The number of hydrogen-bond donors (Lipinski definition) is 1. The van der Waals surface area contributed by atoms with Gasteiger partial charge < -0.3 is 19.1 Å². The summed E-state index contributed by atoms with van der Waals surface area (Å²) in [7, 11) is 1.65. The fourth-order valence-electron chi connectivity index (χ4n) is 3.83. The van der Waals surface area contributed by atoms with Crippen LogP contribution in [0.5, 0.6) is 0 Å². The first-order valence-electron chi connectivity index (χ1n) is 11.7. The van der Waals surface area contributed by atoms with Crippen molar-refractivity contribution in [2.24, 2.45) is 0 Å². The van der Waals surface area contributed by atoms with Crippen LogP contribution in [0.25, 0.3) is 16.3 Å². The molecule has 0 saturated carbocycles. The summed E-state index contributed by atoms with van der Waals surface area (Å²) in [6, 6.07) is 15.5. The Labute approximate surface area is 202 Å². The smallest absolute Gasteiger partial charge is 0.108 e. The van der Waals surface area contributed by atoms with E-state index in [-0.39, 0.29) is 0 Å². The number of anilines is 1. The summed E-state index contributed by atoms with van der Waals surface area (Å²) in [4.78, 5) is 3.15. The van der Waals surface area contributed by atoms with Gasteiger partial charge in [-0.3, -0.25) is 4.72 Å². The zero-order valence-corrected chi connectivity index (χ0v) is 20.6. The van der Waals surface area contributed by atoms with Crippen LogP contribution in [0.4, 0.5) is 5.69 Å². The van der Waals surface area contributed by atoms with Crippen molar-refractivity contribution < 1.29 is 14.2 Å². The van der Waals surface area contributed by atoms with Crippen molar-refractivity contribution in [3.05, 3.63) is 46.9 Å². The van der Waals surface area contributed by atoms with Crippen molar-refractivity contribution in [2.45, 2.75) is 26.2 Å². The van der Waals surface area contributed by atoms with Crippen LogP contribution in [0.15, 0.2) is 41.3 Å². The van der Waals surface area contributed by atoms with Gasteiger partial charge in [-0.15, -0.1) is 0 Å². The molecule has 3 rings (SSSR count). The molecule has 0 aromatic heterocycles. The molecular formula is C26H35N3O3S. The molecule has 0 amide bonds. The summed E-state index contributed by atoms with van der Waals surface area (Å²) in [5.41, 5.74) is 3.36. The largest absolute Gasteiger partial charge is 0.382 e. The predicted octanol–water partition coefficient (Wildman–Crippen LogP) is 5.00. The maximum atomic E-state index is 9.66. The Morgan fingerprint density at radius 2 is 1.67 bits per heavy atom. The lowest BCUT2D eigenvalue weighted by atomic mass is 10.0. The fraction of sp³-hybridized carbons (Fsp3) is 0.500. The van der Waals surface area contributed by atoms with Gasteiger partial charge >= 0.3 is 0 Å². The number of allylic oxidation sites excluding steroid dienone is 2. The van der Waals surface area contributed by atoms with Gasteiger partial charge in [0.05, 0.1) is 33.0 Å². The highest BCUT2D eigenvalue weighted by atomic mass is 32.2. The molecule has 1 saturated heterocycles. The number of fused-ring (bicyclic) bond motifs is 1. The molecule has 0 aliphatic carbocycles. The summed E-state index contributed by atoms with van der Waals surface area (Å²) in [5.74, 6) is 0. The first-order chi connectivity index (χ1) is 16.2. The second kappa shape index (κ2) is 14.2. The minimum absolute atomic E-state index is 0.548. The second-order valence-corrected chi connectivity index (χ2v) is 8.97. The minimum Gasteiger partial charge on any atom is -0.382 e. The highest BCUT2D eigenvalue weighted by Crippen LogP contribution is 2.29. The van der Waals surface area contributed by atoms with Crippen molar-refractivity contribution >= 4 is 34.0 Å². The Balaban J connectivity index is 1.51. The topological polar surface area (TPSA) is 66.8 Å². The SMILES string of the molecule is COCCOCCOCCNS/C(C#N)=C(\C)c1ccc2cc(N3CCCCC3)ccc2c1. The van der Waals surface area contributed by atoms with E-state index in [1.165, 1.54) is 47.7 Å². The van der Waals surface area contributed by atoms with E-state index in [0.29, 0.717) is 44.5 Å². The number of ether oxygens (including phenoxy) is 3. The van der Waals surface area contributed by atoms with Gasteiger partial charge in [-0.25, -0.2) is 0 Å². The molecular weight excluding hydrogens is 434 g/mol. The molecule has 0 radical (unpaired) electrons. The van der Waals surface area contributed by atoms with Crippen molar-refractivity contribution in [1.82, 2.24) is 4.72 Å². The number of nitriles is 1. The van der Waals surface area contributed by atoms with E-state index in [1.54, 1.807) is 7.11 Å². The van der Waals surface area contributed by atoms with Gasteiger partial charge in [0, 0.05) is 32.4 Å². The van der Waals surface area contributed by atoms with Crippen molar-refractivity contribution in [3.63, 3.8) is 0 Å². The first-order valence-corrected chi connectivity index (χ1v) is 12.5. The molecule has 0 bridgehead atoms. The molecule has 7 heteroatoms. The van der Waals surface area contributed by atoms with Gasteiger partial charge in [-0.2, -0.15) is 5.26 Å². The summed E-state index contributed by atoms with van der Waals surface area (Å²) < 4.78 is 19.0. The van der Waals surface area contributed by atoms with Crippen LogP contribution in [0, 0.1) is 11.3 Å². The molecule has 178 valence electrons. The molecule has 0 unspecified atom stereocenters. The number of hydrogen-bond acceptors (Lipinski definition) is 7. The fourth-order valence-corrected chi connectivity index (χ4v) is 4.48. The first kappa shape index (κ1) is 25.5.